The van der Waals surface area contributed by atoms with Gasteiger partial charge in [-0.05, 0) is 106 Å². The van der Waals surface area contributed by atoms with Crippen molar-refractivity contribution < 1.29 is 18.0 Å². The van der Waals surface area contributed by atoms with E-state index in [4.69, 9.17) is 0 Å². The molecule has 164 valence electrons. The summed E-state index contributed by atoms with van der Waals surface area (Å²) in [7, 11) is 6.50. The Balaban J connectivity index is 0.000000297. The fourth-order valence-electron chi connectivity index (χ4n) is 3.01. The number of nitrogens with zero attached hydrogens (tertiary/aromatic N) is 2. The highest BCUT2D eigenvalue weighted by atomic mass is 127. The summed E-state index contributed by atoms with van der Waals surface area (Å²) >= 11 is 2.12. The number of benzene rings is 2. The molecule has 1 aliphatic heterocycles. The van der Waals surface area contributed by atoms with E-state index in [1.807, 2.05) is 13.0 Å². The number of nitrogens with one attached hydrogen (secondary N) is 1. The van der Waals surface area contributed by atoms with E-state index in [0.717, 1.165) is 27.3 Å². The quantitative estimate of drug-likeness (QED) is 0.557. The standard InChI is InChI=1S/C15H11F3INO.C7H16N2/c1-9-2-3-10(8-13(9)19)14(21)20-12-6-4-11(5-7-12)15(16,17)18;1-8(2)7-4-5-9(3)6-7/h2-8H,1H3,(H,20,21);7H,4-6H2,1-3H3. The molecule has 1 amide bonds. The number of amides is 1. The average Bonchev–Trinajstić information content (AvgIpc) is 3.11. The molecule has 2 aromatic rings. The van der Waals surface area contributed by atoms with Crippen LogP contribution in [0.25, 0.3) is 0 Å². The molecule has 8 heteroatoms. The molecule has 1 N–H and O–H groups in total. The number of anilines is 1. The summed E-state index contributed by atoms with van der Waals surface area (Å²) in [5.74, 6) is -0.354. The van der Waals surface area contributed by atoms with Gasteiger partial charge in [0.15, 0.2) is 0 Å². The number of likely N-dealkylation sites (N-methyl/N-ethyl adjacent to an activating group) is 2. The summed E-state index contributed by atoms with van der Waals surface area (Å²) in [6.07, 6.45) is -3.04. The summed E-state index contributed by atoms with van der Waals surface area (Å²) in [6.45, 7) is 4.44. The average molecular weight is 533 g/mol. The molecule has 1 aliphatic rings. The van der Waals surface area contributed by atoms with Crippen LogP contribution in [-0.4, -0.2) is 56.0 Å². The fraction of sp³-hybridized carbons (Fsp3) is 0.409. The van der Waals surface area contributed by atoms with E-state index >= 15 is 0 Å². The second-order valence-corrected chi connectivity index (χ2v) is 8.82. The van der Waals surface area contributed by atoms with Gasteiger partial charge in [0, 0.05) is 27.4 Å². The van der Waals surface area contributed by atoms with E-state index in [-0.39, 0.29) is 5.91 Å². The maximum atomic E-state index is 12.4. The molecule has 30 heavy (non-hydrogen) atoms. The summed E-state index contributed by atoms with van der Waals surface area (Å²) in [4.78, 5) is 16.7. The Morgan fingerprint density at radius 2 is 1.80 bits per heavy atom. The van der Waals surface area contributed by atoms with Gasteiger partial charge in [-0.3, -0.25) is 4.79 Å². The zero-order valence-corrected chi connectivity index (χ0v) is 19.7. The summed E-state index contributed by atoms with van der Waals surface area (Å²) in [5, 5.41) is 2.57. The van der Waals surface area contributed by atoms with Gasteiger partial charge in [-0.25, -0.2) is 0 Å². The van der Waals surface area contributed by atoms with Crippen molar-refractivity contribution >= 4 is 34.2 Å². The number of hydrogen-bond donors (Lipinski definition) is 1. The first kappa shape index (κ1) is 24.6. The normalized spacial score (nSPS) is 16.9. The van der Waals surface area contributed by atoms with Crippen LogP contribution in [0.15, 0.2) is 42.5 Å². The maximum Gasteiger partial charge on any atom is 0.416 e. The molecule has 0 aromatic heterocycles. The number of hydrogen-bond acceptors (Lipinski definition) is 3. The monoisotopic (exact) mass is 533 g/mol. The second kappa shape index (κ2) is 10.6. The van der Waals surface area contributed by atoms with Gasteiger partial charge in [-0.2, -0.15) is 13.2 Å². The van der Waals surface area contributed by atoms with Crippen LogP contribution in [0.4, 0.5) is 18.9 Å². The Morgan fingerprint density at radius 3 is 2.23 bits per heavy atom. The van der Waals surface area contributed by atoms with Crippen molar-refractivity contribution in [1.29, 1.82) is 0 Å². The molecular formula is C22H27F3IN3O. The molecule has 1 unspecified atom stereocenters. The Morgan fingerprint density at radius 1 is 1.17 bits per heavy atom. The van der Waals surface area contributed by atoms with Crippen molar-refractivity contribution in [2.75, 3.05) is 39.5 Å². The molecule has 0 bridgehead atoms. The largest absolute Gasteiger partial charge is 0.416 e. The number of likely N-dealkylation sites (tertiary alicyclic amines) is 1. The fourth-order valence-corrected chi connectivity index (χ4v) is 3.53. The number of rotatable bonds is 3. The Bertz CT molecular complexity index is 854. The van der Waals surface area contributed by atoms with Gasteiger partial charge in [0.25, 0.3) is 5.91 Å². The molecule has 1 fully saturated rings. The van der Waals surface area contributed by atoms with Crippen LogP contribution in [-0.2, 0) is 6.18 Å². The Kier molecular flexibility index (Phi) is 8.69. The minimum absolute atomic E-state index is 0.323. The van der Waals surface area contributed by atoms with Gasteiger partial charge in [-0.15, -0.1) is 0 Å². The van der Waals surface area contributed by atoms with E-state index in [9.17, 15) is 18.0 Å². The molecule has 0 spiro atoms. The first-order valence-electron chi connectivity index (χ1n) is 9.57. The van der Waals surface area contributed by atoms with Crippen LogP contribution >= 0.6 is 22.6 Å². The van der Waals surface area contributed by atoms with Gasteiger partial charge in [-0.1, -0.05) is 6.07 Å². The van der Waals surface area contributed by atoms with E-state index in [1.54, 1.807) is 12.1 Å². The van der Waals surface area contributed by atoms with Crippen molar-refractivity contribution in [3.8, 4) is 0 Å². The molecule has 1 atom stereocenters. The highest BCUT2D eigenvalue weighted by molar-refractivity contribution is 14.1. The van der Waals surface area contributed by atoms with Gasteiger partial charge >= 0.3 is 6.18 Å². The lowest BCUT2D eigenvalue weighted by Crippen LogP contribution is -2.30. The van der Waals surface area contributed by atoms with Crippen molar-refractivity contribution in [3.05, 3.63) is 62.7 Å². The van der Waals surface area contributed by atoms with E-state index in [2.05, 4.69) is 58.9 Å². The highest BCUT2D eigenvalue weighted by Gasteiger charge is 2.30. The van der Waals surface area contributed by atoms with Crippen LogP contribution in [0.2, 0.25) is 0 Å². The molecule has 0 radical (unpaired) electrons. The lowest BCUT2D eigenvalue weighted by molar-refractivity contribution is -0.137. The number of aryl methyl sites for hydroxylation is 1. The first-order chi connectivity index (χ1) is 14.0. The minimum Gasteiger partial charge on any atom is -0.322 e. The third-order valence-corrected chi connectivity index (χ3v) is 6.16. The minimum atomic E-state index is -4.38. The van der Waals surface area contributed by atoms with Crippen molar-refractivity contribution in [2.45, 2.75) is 25.6 Å². The van der Waals surface area contributed by atoms with Crippen LogP contribution in [0.5, 0.6) is 0 Å². The summed E-state index contributed by atoms with van der Waals surface area (Å²) in [6, 6.07) is 10.4. The van der Waals surface area contributed by atoms with Crippen LogP contribution in [0, 0.1) is 10.5 Å². The summed E-state index contributed by atoms with van der Waals surface area (Å²) < 4.78 is 38.3. The lowest BCUT2D eigenvalue weighted by atomic mass is 10.1. The summed E-state index contributed by atoms with van der Waals surface area (Å²) in [5.41, 5.74) is 1.10. The molecule has 0 aliphatic carbocycles. The van der Waals surface area contributed by atoms with E-state index in [0.29, 0.717) is 11.3 Å². The van der Waals surface area contributed by atoms with Crippen molar-refractivity contribution in [3.63, 3.8) is 0 Å². The van der Waals surface area contributed by atoms with Gasteiger partial charge < -0.3 is 15.1 Å². The Labute approximate surface area is 189 Å². The van der Waals surface area contributed by atoms with Crippen molar-refractivity contribution in [2.24, 2.45) is 0 Å². The number of carbonyl (C=O) groups excluding carboxylic acids is 1. The number of alkyl halides is 3. The third kappa shape index (κ3) is 7.24. The van der Waals surface area contributed by atoms with E-state index in [1.165, 1.54) is 31.6 Å². The zero-order chi connectivity index (χ0) is 22.5. The lowest BCUT2D eigenvalue weighted by Gasteiger charge is -2.17. The number of carbonyl (C=O) groups is 1. The molecule has 4 nitrogen and oxygen atoms in total. The Hall–Kier alpha value is -1.65. The molecule has 3 rings (SSSR count). The second-order valence-electron chi connectivity index (χ2n) is 7.66. The highest BCUT2D eigenvalue weighted by Crippen LogP contribution is 2.29. The molecule has 1 heterocycles. The van der Waals surface area contributed by atoms with E-state index < -0.39 is 11.7 Å². The van der Waals surface area contributed by atoms with Gasteiger partial charge in [0.05, 0.1) is 5.56 Å². The van der Waals surface area contributed by atoms with Crippen LogP contribution in [0.3, 0.4) is 0 Å². The predicted octanol–water partition coefficient (Wildman–Crippen LogP) is 5.12. The van der Waals surface area contributed by atoms with Gasteiger partial charge in [0.1, 0.15) is 0 Å². The SMILES string of the molecule is CN1CCC(N(C)C)C1.Cc1ccc(C(=O)Nc2ccc(C(F)(F)F)cc2)cc1I. The van der Waals surface area contributed by atoms with Gasteiger partial charge in [0.2, 0.25) is 0 Å². The maximum absolute atomic E-state index is 12.4. The zero-order valence-electron chi connectivity index (χ0n) is 17.6. The molecule has 0 saturated carbocycles. The van der Waals surface area contributed by atoms with Crippen LogP contribution < -0.4 is 5.32 Å². The van der Waals surface area contributed by atoms with Crippen LogP contribution in [0.1, 0.15) is 27.9 Å². The molecular weight excluding hydrogens is 506 g/mol. The predicted molar refractivity (Wildman–Crippen MR) is 123 cm³/mol. The van der Waals surface area contributed by atoms with Crippen molar-refractivity contribution in [1.82, 2.24) is 9.80 Å². The smallest absolute Gasteiger partial charge is 0.322 e. The topological polar surface area (TPSA) is 35.6 Å². The third-order valence-electron chi connectivity index (χ3n) is 5.00. The molecule has 1 saturated heterocycles. The molecule has 2 aromatic carbocycles. The first-order valence-corrected chi connectivity index (χ1v) is 10.6. The number of halogens is 4.